The fourth-order valence-corrected chi connectivity index (χ4v) is 2.13. The van der Waals surface area contributed by atoms with Gasteiger partial charge in [0.05, 0.1) is 13.1 Å². The van der Waals surface area contributed by atoms with Crippen LogP contribution in [0.1, 0.15) is 25.7 Å². The second-order valence-electron chi connectivity index (χ2n) is 4.26. The third-order valence-corrected chi connectivity index (χ3v) is 3.07. The first kappa shape index (κ1) is 14.8. The standard InChI is InChI=1S/C12H18N2O.CH3I/c15-12-6-5-11-14(12)10-4-3-9-13-7-1-2-8-13;1-2/h1-2,5-11H2;1H3. The van der Waals surface area contributed by atoms with E-state index >= 15 is 0 Å². The monoisotopic (exact) mass is 348 g/mol. The highest BCUT2D eigenvalue weighted by Crippen LogP contribution is 2.08. The number of rotatable bonds is 2. The van der Waals surface area contributed by atoms with Gasteiger partial charge in [-0.05, 0) is 37.3 Å². The Morgan fingerprint density at radius 1 is 1.06 bits per heavy atom. The van der Waals surface area contributed by atoms with Crippen LogP contribution >= 0.6 is 22.6 Å². The summed E-state index contributed by atoms with van der Waals surface area (Å²) in [5, 5.41) is 0. The summed E-state index contributed by atoms with van der Waals surface area (Å²) >= 11 is 2.15. The summed E-state index contributed by atoms with van der Waals surface area (Å²) in [6, 6.07) is 0. The number of halogens is 1. The van der Waals surface area contributed by atoms with Gasteiger partial charge >= 0.3 is 0 Å². The summed E-state index contributed by atoms with van der Waals surface area (Å²) in [5.41, 5.74) is 0. The Bertz CT molecular complexity index is 290. The van der Waals surface area contributed by atoms with E-state index in [1.165, 1.54) is 25.9 Å². The van der Waals surface area contributed by atoms with E-state index < -0.39 is 0 Å². The lowest BCUT2D eigenvalue weighted by molar-refractivity contribution is -0.127. The molecule has 96 valence electrons. The molecule has 17 heavy (non-hydrogen) atoms. The zero-order valence-corrected chi connectivity index (χ0v) is 12.7. The van der Waals surface area contributed by atoms with Crippen molar-refractivity contribution in [2.24, 2.45) is 0 Å². The van der Waals surface area contributed by atoms with Crippen LogP contribution in [0, 0.1) is 11.8 Å². The van der Waals surface area contributed by atoms with E-state index in [0.717, 1.165) is 19.5 Å². The molecule has 0 atom stereocenters. The van der Waals surface area contributed by atoms with E-state index in [1.54, 1.807) is 0 Å². The highest BCUT2D eigenvalue weighted by atomic mass is 127. The van der Waals surface area contributed by atoms with Gasteiger partial charge in [0.1, 0.15) is 0 Å². The molecule has 2 saturated heterocycles. The van der Waals surface area contributed by atoms with Gasteiger partial charge in [-0.15, -0.1) is 0 Å². The van der Waals surface area contributed by atoms with E-state index in [4.69, 9.17) is 0 Å². The number of nitrogens with zero attached hydrogens (tertiary/aromatic N) is 2. The molecule has 2 aliphatic rings. The Kier molecular flexibility index (Phi) is 7.62. The number of hydrogen-bond donors (Lipinski definition) is 0. The van der Waals surface area contributed by atoms with Gasteiger partial charge in [0, 0.05) is 13.0 Å². The molecule has 0 spiro atoms. The number of carbonyl (C=O) groups excluding carboxylic acids is 1. The third-order valence-electron chi connectivity index (χ3n) is 3.07. The Labute approximate surface area is 118 Å². The van der Waals surface area contributed by atoms with E-state index in [0.29, 0.717) is 13.0 Å². The Morgan fingerprint density at radius 3 is 2.29 bits per heavy atom. The highest BCUT2D eigenvalue weighted by molar-refractivity contribution is 14.1. The molecule has 1 amide bonds. The van der Waals surface area contributed by atoms with Crippen LogP contribution in [0.5, 0.6) is 0 Å². The van der Waals surface area contributed by atoms with Crippen molar-refractivity contribution in [2.45, 2.75) is 25.7 Å². The van der Waals surface area contributed by atoms with Gasteiger partial charge in [0.15, 0.2) is 0 Å². The molecule has 0 aromatic carbocycles. The van der Waals surface area contributed by atoms with Gasteiger partial charge < -0.3 is 4.90 Å². The summed E-state index contributed by atoms with van der Waals surface area (Å²) in [5.74, 6) is 6.52. The fourth-order valence-electron chi connectivity index (χ4n) is 2.13. The lowest BCUT2D eigenvalue weighted by Crippen LogP contribution is -2.25. The Morgan fingerprint density at radius 2 is 1.71 bits per heavy atom. The molecular formula is C13H21IN2O. The van der Waals surface area contributed by atoms with Crippen LogP contribution in [0.4, 0.5) is 0 Å². The third kappa shape index (κ3) is 5.26. The summed E-state index contributed by atoms with van der Waals surface area (Å²) in [6.07, 6.45) is 4.35. The first-order valence-electron chi connectivity index (χ1n) is 6.20. The molecule has 4 heteroatoms. The van der Waals surface area contributed by atoms with Gasteiger partial charge in [-0.25, -0.2) is 0 Å². The summed E-state index contributed by atoms with van der Waals surface area (Å²) in [7, 11) is 0. The molecular weight excluding hydrogens is 327 g/mol. The molecule has 3 nitrogen and oxygen atoms in total. The first-order valence-corrected chi connectivity index (χ1v) is 8.35. The van der Waals surface area contributed by atoms with Crippen molar-refractivity contribution >= 4 is 28.5 Å². The highest BCUT2D eigenvalue weighted by Gasteiger charge is 2.18. The number of alkyl halides is 1. The van der Waals surface area contributed by atoms with E-state index in [1.807, 2.05) is 9.83 Å². The number of amides is 1. The predicted molar refractivity (Wildman–Crippen MR) is 79.2 cm³/mol. The van der Waals surface area contributed by atoms with Crippen LogP contribution in [-0.4, -0.2) is 53.4 Å². The van der Waals surface area contributed by atoms with E-state index in [9.17, 15) is 4.79 Å². The zero-order valence-electron chi connectivity index (χ0n) is 10.5. The van der Waals surface area contributed by atoms with Crippen LogP contribution in [0.2, 0.25) is 0 Å². The molecule has 0 unspecified atom stereocenters. The molecule has 0 aromatic rings. The van der Waals surface area contributed by atoms with Crippen molar-refractivity contribution in [3.8, 4) is 11.8 Å². The molecule has 2 rings (SSSR count). The molecule has 0 radical (unpaired) electrons. The van der Waals surface area contributed by atoms with Crippen molar-refractivity contribution in [3.05, 3.63) is 0 Å². The number of likely N-dealkylation sites (tertiary alicyclic amines) is 2. The minimum Gasteiger partial charge on any atom is -0.332 e. The SMILES string of the molecule is CI.O=C1CCCN1CC#CCN1CCCC1. The van der Waals surface area contributed by atoms with Crippen LogP contribution in [0.15, 0.2) is 0 Å². The second kappa shape index (κ2) is 8.76. The average molecular weight is 348 g/mol. The fraction of sp³-hybridized carbons (Fsp3) is 0.769. The molecule has 0 bridgehead atoms. The summed E-state index contributed by atoms with van der Waals surface area (Å²) in [6.45, 7) is 4.79. The molecule has 0 N–H and O–H groups in total. The number of hydrogen-bond acceptors (Lipinski definition) is 2. The Hall–Kier alpha value is -0.280. The maximum absolute atomic E-state index is 11.3. The van der Waals surface area contributed by atoms with E-state index in [-0.39, 0.29) is 5.91 Å². The van der Waals surface area contributed by atoms with Crippen molar-refractivity contribution in [3.63, 3.8) is 0 Å². The van der Waals surface area contributed by atoms with Crippen LogP contribution in [0.3, 0.4) is 0 Å². The smallest absolute Gasteiger partial charge is 0.223 e. The molecule has 0 aliphatic carbocycles. The topological polar surface area (TPSA) is 23.6 Å². The van der Waals surface area contributed by atoms with Gasteiger partial charge in [-0.1, -0.05) is 34.4 Å². The van der Waals surface area contributed by atoms with Gasteiger partial charge in [-0.3, -0.25) is 9.69 Å². The summed E-state index contributed by atoms with van der Waals surface area (Å²) < 4.78 is 0. The van der Waals surface area contributed by atoms with Crippen LogP contribution in [-0.2, 0) is 4.79 Å². The average Bonchev–Trinajstić information content (AvgIpc) is 2.99. The minimum absolute atomic E-state index is 0.269. The lowest BCUT2D eigenvalue weighted by atomic mass is 10.4. The zero-order chi connectivity index (χ0) is 12.5. The molecule has 0 aromatic heterocycles. The normalized spacial score (nSPS) is 19.6. The molecule has 2 aliphatic heterocycles. The van der Waals surface area contributed by atoms with Crippen molar-refractivity contribution in [1.82, 2.24) is 9.80 Å². The van der Waals surface area contributed by atoms with Crippen molar-refractivity contribution < 1.29 is 4.79 Å². The molecule has 0 saturated carbocycles. The summed E-state index contributed by atoms with van der Waals surface area (Å²) in [4.78, 5) is 17.5. The first-order chi connectivity index (χ1) is 8.36. The second-order valence-corrected chi connectivity index (χ2v) is 4.26. The Balaban J connectivity index is 0.000000686. The van der Waals surface area contributed by atoms with Gasteiger partial charge in [-0.2, -0.15) is 0 Å². The van der Waals surface area contributed by atoms with Crippen LogP contribution < -0.4 is 0 Å². The largest absolute Gasteiger partial charge is 0.332 e. The van der Waals surface area contributed by atoms with Crippen LogP contribution in [0.25, 0.3) is 0 Å². The minimum atomic E-state index is 0.269. The van der Waals surface area contributed by atoms with Crippen molar-refractivity contribution in [1.29, 1.82) is 0 Å². The maximum atomic E-state index is 11.3. The quantitative estimate of drug-likeness (QED) is 0.431. The van der Waals surface area contributed by atoms with Gasteiger partial charge in [0.2, 0.25) is 5.91 Å². The molecule has 2 heterocycles. The predicted octanol–water partition coefficient (Wildman–Crippen LogP) is 1.76. The molecule has 2 fully saturated rings. The maximum Gasteiger partial charge on any atom is 0.223 e. The van der Waals surface area contributed by atoms with E-state index in [2.05, 4.69) is 39.3 Å². The van der Waals surface area contributed by atoms with Gasteiger partial charge in [0.25, 0.3) is 0 Å². The lowest BCUT2D eigenvalue weighted by Gasteiger charge is -2.11. The number of carbonyl (C=O) groups is 1. The van der Waals surface area contributed by atoms with Crippen molar-refractivity contribution in [2.75, 3.05) is 37.7 Å².